The minimum atomic E-state index is 0.398. The van der Waals surface area contributed by atoms with Crippen LogP contribution in [0.1, 0.15) is 11.3 Å². The van der Waals surface area contributed by atoms with Crippen molar-refractivity contribution in [1.29, 1.82) is 0 Å². The van der Waals surface area contributed by atoms with Gasteiger partial charge in [-0.3, -0.25) is 0 Å². The Kier molecular flexibility index (Phi) is 4.82. The lowest BCUT2D eigenvalue weighted by molar-refractivity contribution is 0.397. The fraction of sp³-hybridized carbons (Fsp3) is 0.143. The molecular weight excluding hydrogens is 297 g/mol. The van der Waals surface area contributed by atoms with E-state index in [1.807, 2.05) is 6.07 Å². The van der Waals surface area contributed by atoms with E-state index in [4.69, 9.17) is 33.8 Å². The molecule has 104 valence electrons. The van der Waals surface area contributed by atoms with Gasteiger partial charge >= 0.3 is 0 Å². The van der Waals surface area contributed by atoms with E-state index in [0.29, 0.717) is 33.8 Å². The lowest BCUT2D eigenvalue weighted by Crippen LogP contribution is -2.11. The smallest absolute Gasteiger partial charge is 0.213 e. The summed E-state index contributed by atoms with van der Waals surface area (Å²) in [6.07, 6.45) is 0.398. The maximum Gasteiger partial charge on any atom is 0.213 e. The number of benzene rings is 1. The minimum absolute atomic E-state index is 0.398. The van der Waals surface area contributed by atoms with Crippen molar-refractivity contribution in [3.05, 3.63) is 57.7 Å². The van der Waals surface area contributed by atoms with Gasteiger partial charge in [-0.15, -0.1) is 0 Å². The Morgan fingerprint density at radius 3 is 2.45 bits per heavy atom. The number of rotatable bonds is 4. The SMILES string of the molecule is COc1cccc(/C(Cc2c(Cl)cccc2Cl)=N\N)n1. The van der Waals surface area contributed by atoms with Crippen LogP contribution >= 0.6 is 23.2 Å². The predicted octanol–water partition coefficient (Wildman–Crippen LogP) is 3.30. The number of halogens is 2. The molecule has 1 aromatic heterocycles. The van der Waals surface area contributed by atoms with Crippen LogP contribution in [0.2, 0.25) is 10.0 Å². The molecule has 0 atom stereocenters. The van der Waals surface area contributed by atoms with E-state index in [1.165, 1.54) is 0 Å². The number of nitrogens with two attached hydrogens (primary N) is 1. The van der Waals surface area contributed by atoms with Gasteiger partial charge in [0.05, 0.1) is 18.5 Å². The van der Waals surface area contributed by atoms with E-state index >= 15 is 0 Å². The van der Waals surface area contributed by atoms with Crippen molar-refractivity contribution in [1.82, 2.24) is 4.98 Å². The molecule has 0 spiro atoms. The standard InChI is InChI=1S/C14H13Cl2N3O/c1-20-14-7-3-6-12(18-14)13(19-17)8-9-10(15)4-2-5-11(9)16/h2-7H,8,17H2,1H3/b19-13-. The third kappa shape index (κ3) is 3.21. The Balaban J connectivity index is 2.34. The van der Waals surface area contributed by atoms with Crippen LogP contribution in [-0.2, 0) is 6.42 Å². The van der Waals surface area contributed by atoms with Crippen molar-refractivity contribution in [2.75, 3.05) is 7.11 Å². The third-order valence-electron chi connectivity index (χ3n) is 2.79. The Morgan fingerprint density at radius 1 is 1.20 bits per heavy atom. The van der Waals surface area contributed by atoms with E-state index in [9.17, 15) is 0 Å². The number of aromatic nitrogens is 1. The van der Waals surface area contributed by atoms with Crippen molar-refractivity contribution < 1.29 is 4.74 Å². The number of hydrazone groups is 1. The van der Waals surface area contributed by atoms with E-state index < -0.39 is 0 Å². The molecule has 0 radical (unpaired) electrons. The van der Waals surface area contributed by atoms with Crippen LogP contribution in [0.15, 0.2) is 41.5 Å². The van der Waals surface area contributed by atoms with Crippen molar-refractivity contribution in [3.63, 3.8) is 0 Å². The van der Waals surface area contributed by atoms with E-state index in [0.717, 1.165) is 5.56 Å². The van der Waals surface area contributed by atoms with Gasteiger partial charge in [0.1, 0.15) is 0 Å². The van der Waals surface area contributed by atoms with Crippen LogP contribution in [0, 0.1) is 0 Å². The van der Waals surface area contributed by atoms with Gasteiger partial charge in [0, 0.05) is 22.5 Å². The van der Waals surface area contributed by atoms with Gasteiger partial charge in [0.2, 0.25) is 5.88 Å². The second-order valence-electron chi connectivity index (χ2n) is 4.02. The van der Waals surface area contributed by atoms with Gasteiger partial charge in [-0.25, -0.2) is 4.98 Å². The first-order valence-corrected chi connectivity index (χ1v) is 6.62. The van der Waals surface area contributed by atoms with Gasteiger partial charge in [0.25, 0.3) is 0 Å². The fourth-order valence-electron chi connectivity index (χ4n) is 1.76. The summed E-state index contributed by atoms with van der Waals surface area (Å²) in [6, 6.07) is 10.7. The lowest BCUT2D eigenvalue weighted by atomic mass is 10.1. The Morgan fingerprint density at radius 2 is 1.85 bits per heavy atom. The Labute approximate surface area is 127 Å². The fourth-order valence-corrected chi connectivity index (χ4v) is 2.29. The topological polar surface area (TPSA) is 60.5 Å². The zero-order valence-corrected chi connectivity index (χ0v) is 12.3. The maximum atomic E-state index is 6.15. The van der Waals surface area contributed by atoms with Crippen molar-refractivity contribution >= 4 is 28.9 Å². The van der Waals surface area contributed by atoms with Gasteiger partial charge in [-0.2, -0.15) is 5.10 Å². The van der Waals surface area contributed by atoms with Crippen molar-refractivity contribution in [3.8, 4) is 5.88 Å². The quantitative estimate of drug-likeness (QED) is 0.535. The van der Waals surface area contributed by atoms with E-state index in [2.05, 4.69) is 10.1 Å². The zero-order valence-electron chi connectivity index (χ0n) is 10.8. The molecule has 0 bridgehead atoms. The molecular formula is C14H13Cl2N3O. The highest BCUT2D eigenvalue weighted by molar-refractivity contribution is 6.36. The average molecular weight is 310 g/mol. The van der Waals surface area contributed by atoms with Gasteiger partial charge in [-0.05, 0) is 23.8 Å². The number of pyridine rings is 1. The molecule has 20 heavy (non-hydrogen) atoms. The first-order valence-electron chi connectivity index (χ1n) is 5.86. The molecule has 0 unspecified atom stereocenters. The van der Waals surface area contributed by atoms with Crippen molar-refractivity contribution in [2.45, 2.75) is 6.42 Å². The molecule has 6 heteroatoms. The van der Waals surface area contributed by atoms with Gasteiger partial charge in [0.15, 0.2) is 0 Å². The zero-order chi connectivity index (χ0) is 14.5. The molecule has 0 fully saturated rings. The Hall–Kier alpha value is -1.78. The molecule has 2 aromatic rings. The van der Waals surface area contributed by atoms with Crippen LogP contribution in [-0.4, -0.2) is 17.8 Å². The Bertz CT molecular complexity index is 624. The van der Waals surface area contributed by atoms with Crippen LogP contribution in [0.3, 0.4) is 0 Å². The van der Waals surface area contributed by atoms with E-state index in [1.54, 1.807) is 37.4 Å². The molecule has 0 amide bonds. The highest BCUT2D eigenvalue weighted by atomic mass is 35.5. The van der Waals surface area contributed by atoms with Crippen LogP contribution in [0.25, 0.3) is 0 Å². The molecule has 0 saturated carbocycles. The maximum absolute atomic E-state index is 6.15. The lowest BCUT2D eigenvalue weighted by Gasteiger charge is -2.09. The van der Waals surface area contributed by atoms with Gasteiger partial charge < -0.3 is 10.6 Å². The van der Waals surface area contributed by atoms with E-state index in [-0.39, 0.29) is 0 Å². The third-order valence-corrected chi connectivity index (χ3v) is 3.50. The van der Waals surface area contributed by atoms with Crippen LogP contribution in [0.4, 0.5) is 0 Å². The first kappa shape index (κ1) is 14.6. The molecule has 0 aliphatic carbocycles. The monoisotopic (exact) mass is 309 g/mol. The number of hydrogen-bond acceptors (Lipinski definition) is 4. The second-order valence-corrected chi connectivity index (χ2v) is 4.83. The summed E-state index contributed by atoms with van der Waals surface area (Å²) in [7, 11) is 1.55. The van der Waals surface area contributed by atoms with Crippen LogP contribution in [0.5, 0.6) is 5.88 Å². The molecule has 1 heterocycles. The first-order chi connectivity index (χ1) is 9.65. The molecule has 0 saturated heterocycles. The number of nitrogens with zero attached hydrogens (tertiary/aromatic N) is 2. The summed E-state index contributed by atoms with van der Waals surface area (Å²) in [6.45, 7) is 0. The minimum Gasteiger partial charge on any atom is -0.481 e. The second kappa shape index (κ2) is 6.59. The van der Waals surface area contributed by atoms with Gasteiger partial charge in [-0.1, -0.05) is 35.3 Å². The molecule has 2 N–H and O–H groups in total. The highest BCUT2D eigenvalue weighted by Crippen LogP contribution is 2.25. The average Bonchev–Trinajstić information content (AvgIpc) is 2.47. The molecule has 0 aliphatic heterocycles. The summed E-state index contributed by atoms with van der Waals surface area (Å²) >= 11 is 12.3. The molecule has 0 aliphatic rings. The number of hydrogen-bond donors (Lipinski definition) is 1. The molecule has 4 nitrogen and oxygen atoms in total. The molecule has 1 aromatic carbocycles. The predicted molar refractivity (Wildman–Crippen MR) is 81.7 cm³/mol. The number of methoxy groups -OCH3 is 1. The largest absolute Gasteiger partial charge is 0.481 e. The highest BCUT2D eigenvalue weighted by Gasteiger charge is 2.12. The van der Waals surface area contributed by atoms with Crippen molar-refractivity contribution in [2.24, 2.45) is 10.9 Å². The normalized spacial score (nSPS) is 11.4. The summed E-state index contributed by atoms with van der Waals surface area (Å²) in [5.41, 5.74) is 1.98. The van der Waals surface area contributed by atoms with Crippen LogP contribution < -0.4 is 10.6 Å². The number of ether oxygens (including phenoxy) is 1. The summed E-state index contributed by atoms with van der Waals surface area (Å²) < 4.78 is 5.09. The summed E-state index contributed by atoms with van der Waals surface area (Å²) in [5, 5.41) is 4.93. The molecule has 2 rings (SSSR count). The summed E-state index contributed by atoms with van der Waals surface area (Å²) in [4.78, 5) is 4.30. The summed E-state index contributed by atoms with van der Waals surface area (Å²) in [5.74, 6) is 5.96.